The van der Waals surface area contributed by atoms with Crippen LogP contribution in [0.5, 0.6) is 0 Å². The van der Waals surface area contributed by atoms with Crippen LogP contribution in [0.3, 0.4) is 0 Å². The summed E-state index contributed by atoms with van der Waals surface area (Å²) in [5, 5.41) is 0. The predicted molar refractivity (Wildman–Crippen MR) is 73.1 cm³/mol. The maximum absolute atomic E-state index is 12.1. The number of hydrogen-bond acceptors (Lipinski definition) is 4. The first-order valence-corrected chi connectivity index (χ1v) is 8.75. The molecule has 1 aliphatic carbocycles. The van der Waals surface area contributed by atoms with Gasteiger partial charge in [-0.25, -0.2) is 8.42 Å². The van der Waals surface area contributed by atoms with Gasteiger partial charge in [0, 0.05) is 18.1 Å². The minimum Gasteiger partial charge on any atom is -0.330 e. The monoisotopic (exact) mass is 275 g/mol. The van der Waals surface area contributed by atoms with Crippen molar-refractivity contribution < 1.29 is 13.2 Å². The van der Waals surface area contributed by atoms with E-state index in [9.17, 15) is 13.2 Å². The fourth-order valence-electron chi connectivity index (χ4n) is 2.77. The van der Waals surface area contributed by atoms with E-state index in [2.05, 4.69) is 0 Å². The summed E-state index contributed by atoms with van der Waals surface area (Å²) in [7, 11) is -3.04. The number of ketones is 1. The van der Waals surface area contributed by atoms with Crippen molar-refractivity contribution in [2.24, 2.45) is 17.6 Å². The van der Waals surface area contributed by atoms with Crippen LogP contribution in [0.25, 0.3) is 0 Å². The van der Waals surface area contributed by atoms with Gasteiger partial charge in [0.2, 0.25) is 0 Å². The Balaban J connectivity index is 2.49. The van der Waals surface area contributed by atoms with Crippen molar-refractivity contribution in [1.29, 1.82) is 0 Å². The molecule has 1 aliphatic rings. The third kappa shape index (κ3) is 4.69. The lowest BCUT2D eigenvalue weighted by Gasteiger charge is -2.29. The van der Waals surface area contributed by atoms with Crippen LogP contribution in [0.1, 0.15) is 45.4 Å². The Labute approximate surface area is 110 Å². The molecule has 1 saturated carbocycles. The molecule has 0 aromatic carbocycles. The summed E-state index contributed by atoms with van der Waals surface area (Å²) in [6.07, 6.45) is 4.88. The Bertz CT molecular complexity index is 364. The van der Waals surface area contributed by atoms with Crippen LogP contribution in [0.4, 0.5) is 0 Å². The molecule has 5 heteroatoms. The van der Waals surface area contributed by atoms with E-state index in [-0.39, 0.29) is 35.5 Å². The zero-order valence-electron chi connectivity index (χ0n) is 11.2. The van der Waals surface area contributed by atoms with Crippen LogP contribution in [0.2, 0.25) is 0 Å². The summed E-state index contributed by atoms with van der Waals surface area (Å²) in [5.74, 6) is 0.559. The fourth-order valence-corrected chi connectivity index (χ4v) is 4.11. The van der Waals surface area contributed by atoms with E-state index in [1.54, 1.807) is 0 Å². The summed E-state index contributed by atoms with van der Waals surface area (Å²) in [4.78, 5) is 12.1. The lowest BCUT2D eigenvalue weighted by atomic mass is 9.76. The van der Waals surface area contributed by atoms with Crippen molar-refractivity contribution in [3.8, 4) is 0 Å². The number of rotatable bonds is 7. The molecule has 106 valence electrons. The average Bonchev–Trinajstić information content (AvgIpc) is 2.36. The molecule has 4 nitrogen and oxygen atoms in total. The van der Waals surface area contributed by atoms with E-state index in [0.29, 0.717) is 13.0 Å². The topological polar surface area (TPSA) is 77.2 Å². The standard InChI is InChI=1S/C13H25NO3S/c1-2-8-18(16,17)9-7-13(15)12-6-4-3-5-11(12)10-14/h11-12H,2-10,14H2,1H3. The van der Waals surface area contributed by atoms with Gasteiger partial charge in [-0.1, -0.05) is 19.8 Å². The molecule has 0 aromatic heterocycles. The third-order valence-electron chi connectivity index (χ3n) is 3.80. The van der Waals surface area contributed by atoms with E-state index < -0.39 is 9.84 Å². The molecule has 0 saturated heterocycles. The first kappa shape index (κ1) is 15.6. The van der Waals surface area contributed by atoms with Gasteiger partial charge in [-0.15, -0.1) is 0 Å². The molecule has 0 heterocycles. The van der Waals surface area contributed by atoms with Crippen LogP contribution >= 0.6 is 0 Å². The molecule has 2 unspecified atom stereocenters. The Morgan fingerprint density at radius 2 is 1.89 bits per heavy atom. The van der Waals surface area contributed by atoms with Gasteiger partial charge in [-0.2, -0.15) is 0 Å². The summed E-state index contributed by atoms with van der Waals surface area (Å²) in [5.41, 5.74) is 5.69. The van der Waals surface area contributed by atoms with Crippen molar-refractivity contribution in [3.63, 3.8) is 0 Å². The van der Waals surface area contributed by atoms with Crippen LogP contribution < -0.4 is 5.73 Å². The van der Waals surface area contributed by atoms with Gasteiger partial charge in [0.05, 0.1) is 5.75 Å². The van der Waals surface area contributed by atoms with Crippen molar-refractivity contribution in [1.82, 2.24) is 0 Å². The largest absolute Gasteiger partial charge is 0.330 e. The van der Waals surface area contributed by atoms with Crippen molar-refractivity contribution in [2.75, 3.05) is 18.1 Å². The molecule has 0 amide bonds. The van der Waals surface area contributed by atoms with Gasteiger partial charge in [-0.3, -0.25) is 4.79 Å². The van der Waals surface area contributed by atoms with Crippen LogP contribution in [-0.2, 0) is 14.6 Å². The molecule has 2 atom stereocenters. The molecular formula is C13H25NO3S. The zero-order valence-corrected chi connectivity index (χ0v) is 12.0. The molecule has 0 radical (unpaired) electrons. The Kier molecular flexibility index (Phi) is 6.29. The maximum Gasteiger partial charge on any atom is 0.150 e. The second-order valence-corrected chi connectivity index (χ2v) is 7.56. The molecule has 18 heavy (non-hydrogen) atoms. The van der Waals surface area contributed by atoms with Gasteiger partial charge < -0.3 is 5.73 Å². The highest BCUT2D eigenvalue weighted by Gasteiger charge is 2.30. The second kappa shape index (κ2) is 7.24. The summed E-state index contributed by atoms with van der Waals surface area (Å²) in [6, 6.07) is 0. The maximum atomic E-state index is 12.1. The lowest BCUT2D eigenvalue weighted by Crippen LogP contribution is -2.33. The predicted octanol–water partition coefficient (Wildman–Crippen LogP) is 1.54. The minimum absolute atomic E-state index is 0.000534. The van der Waals surface area contributed by atoms with Crippen LogP contribution in [-0.4, -0.2) is 32.3 Å². The van der Waals surface area contributed by atoms with Gasteiger partial charge in [0.15, 0.2) is 9.84 Å². The normalized spacial score (nSPS) is 25.0. The van der Waals surface area contributed by atoms with Gasteiger partial charge in [0.1, 0.15) is 5.78 Å². The van der Waals surface area contributed by atoms with E-state index in [1.165, 1.54) is 0 Å². The highest BCUT2D eigenvalue weighted by atomic mass is 32.2. The minimum atomic E-state index is -3.04. The van der Waals surface area contributed by atoms with Crippen molar-refractivity contribution >= 4 is 15.6 Å². The number of sulfone groups is 1. The molecule has 2 N–H and O–H groups in total. The first-order valence-electron chi connectivity index (χ1n) is 6.93. The number of carbonyl (C=O) groups excluding carboxylic acids is 1. The van der Waals surface area contributed by atoms with E-state index in [0.717, 1.165) is 25.7 Å². The third-order valence-corrected chi connectivity index (χ3v) is 5.66. The van der Waals surface area contributed by atoms with E-state index >= 15 is 0 Å². The summed E-state index contributed by atoms with van der Waals surface area (Å²) in [6.45, 7) is 2.38. The Morgan fingerprint density at radius 3 is 2.50 bits per heavy atom. The number of nitrogens with two attached hydrogens (primary N) is 1. The van der Waals surface area contributed by atoms with Gasteiger partial charge >= 0.3 is 0 Å². The van der Waals surface area contributed by atoms with E-state index in [4.69, 9.17) is 5.73 Å². The molecule has 0 aromatic rings. The van der Waals surface area contributed by atoms with E-state index in [1.807, 2.05) is 6.92 Å². The lowest BCUT2D eigenvalue weighted by molar-refractivity contribution is -0.125. The molecule has 0 spiro atoms. The quantitative estimate of drug-likeness (QED) is 0.764. The van der Waals surface area contributed by atoms with Crippen LogP contribution in [0, 0.1) is 11.8 Å². The first-order chi connectivity index (χ1) is 8.50. The van der Waals surface area contributed by atoms with Gasteiger partial charge in [-0.05, 0) is 31.7 Å². The molecular weight excluding hydrogens is 250 g/mol. The van der Waals surface area contributed by atoms with Gasteiger partial charge in [0.25, 0.3) is 0 Å². The number of carbonyl (C=O) groups is 1. The SMILES string of the molecule is CCCS(=O)(=O)CCC(=O)C1CCCCC1CN. The smallest absolute Gasteiger partial charge is 0.150 e. The highest BCUT2D eigenvalue weighted by molar-refractivity contribution is 7.91. The molecule has 0 aliphatic heterocycles. The summed E-state index contributed by atoms with van der Waals surface area (Å²) < 4.78 is 23.2. The Morgan fingerprint density at radius 1 is 1.22 bits per heavy atom. The van der Waals surface area contributed by atoms with Crippen molar-refractivity contribution in [3.05, 3.63) is 0 Å². The van der Waals surface area contributed by atoms with Crippen LogP contribution in [0.15, 0.2) is 0 Å². The Hall–Kier alpha value is -0.420. The molecule has 1 fully saturated rings. The fraction of sp³-hybridized carbons (Fsp3) is 0.923. The second-order valence-electron chi connectivity index (χ2n) is 5.25. The molecule has 1 rings (SSSR count). The highest BCUT2D eigenvalue weighted by Crippen LogP contribution is 2.30. The summed E-state index contributed by atoms with van der Waals surface area (Å²) >= 11 is 0. The zero-order chi connectivity index (χ0) is 13.6. The number of hydrogen-bond donors (Lipinski definition) is 1. The molecule has 0 bridgehead atoms. The number of Topliss-reactive ketones (excluding diaryl/α,β-unsaturated/α-hetero) is 1. The average molecular weight is 275 g/mol. The van der Waals surface area contributed by atoms with Crippen molar-refractivity contribution in [2.45, 2.75) is 45.4 Å².